The lowest BCUT2D eigenvalue weighted by molar-refractivity contribution is 0.0479. The number of ether oxygens (including phenoxy) is 1. The third-order valence-corrected chi connectivity index (χ3v) is 4.37. The van der Waals surface area contributed by atoms with E-state index in [1.807, 2.05) is 25.0 Å². The van der Waals surface area contributed by atoms with Crippen LogP contribution in [0.15, 0.2) is 12.4 Å². The van der Waals surface area contributed by atoms with Gasteiger partial charge in [0.05, 0.1) is 18.4 Å². The molecule has 5 unspecified atom stereocenters. The predicted octanol–water partition coefficient (Wildman–Crippen LogP) is 1.61. The van der Waals surface area contributed by atoms with Crippen molar-refractivity contribution in [2.24, 2.45) is 18.9 Å². The van der Waals surface area contributed by atoms with Gasteiger partial charge in [0, 0.05) is 25.2 Å². The van der Waals surface area contributed by atoms with Crippen molar-refractivity contribution in [1.29, 1.82) is 0 Å². The monoisotopic (exact) mass is 251 g/mol. The van der Waals surface area contributed by atoms with Crippen molar-refractivity contribution in [3.63, 3.8) is 0 Å². The van der Waals surface area contributed by atoms with Gasteiger partial charge >= 0.3 is 0 Å². The summed E-state index contributed by atoms with van der Waals surface area (Å²) in [4.78, 5) is 0. The van der Waals surface area contributed by atoms with Crippen molar-refractivity contribution >= 4 is 0 Å². The molecule has 4 nitrogen and oxygen atoms in total. The molecule has 102 valence electrons. The van der Waals surface area contributed by atoms with E-state index >= 15 is 0 Å². The number of hydrogen-bond acceptors (Lipinski definition) is 3. The summed E-state index contributed by atoms with van der Waals surface area (Å²) in [5.74, 6) is 1.15. The van der Waals surface area contributed by atoms with Crippen LogP contribution in [0, 0.1) is 11.8 Å². The van der Waals surface area contributed by atoms with E-state index in [0.717, 1.165) is 6.42 Å². The number of hydrogen-bond donors (Lipinski definition) is 1. The van der Waals surface area contributed by atoms with Gasteiger partial charge in [0.2, 0.25) is 0 Å². The molecule has 1 saturated heterocycles. The lowest BCUT2D eigenvalue weighted by atomic mass is 9.81. The maximum absolute atomic E-state index is 5.95. The molecular weight excluding hydrogens is 226 g/mol. The van der Waals surface area contributed by atoms with E-state index in [-0.39, 0.29) is 0 Å². The standard InChI is InChI=1S/C14H25N3O/c1-9-10(2)18-11(3)14(9)13(15-4)6-12-7-16-17(5)8-12/h7-11,13-15H,6H2,1-5H3. The van der Waals surface area contributed by atoms with Gasteiger partial charge in [0.15, 0.2) is 0 Å². The van der Waals surface area contributed by atoms with Crippen LogP contribution in [-0.4, -0.2) is 35.1 Å². The molecule has 1 aromatic heterocycles. The zero-order valence-electron chi connectivity index (χ0n) is 12.1. The van der Waals surface area contributed by atoms with E-state index in [2.05, 4.69) is 37.4 Å². The predicted molar refractivity (Wildman–Crippen MR) is 72.4 cm³/mol. The fourth-order valence-electron chi connectivity index (χ4n) is 3.25. The van der Waals surface area contributed by atoms with Gasteiger partial charge in [-0.2, -0.15) is 5.10 Å². The quantitative estimate of drug-likeness (QED) is 0.883. The minimum atomic E-state index is 0.323. The van der Waals surface area contributed by atoms with Crippen molar-refractivity contribution < 1.29 is 4.74 Å². The first-order valence-electron chi connectivity index (χ1n) is 6.83. The van der Waals surface area contributed by atoms with Gasteiger partial charge in [-0.05, 0) is 38.8 Å². The molecule has 1 aliphatic rings. The van der Waals surface area contributed by atoms with E-state index < -0.39 is 0 Å². The van der Waals surface area contributed by atoms with Crippen molar-refractivity contribution in [2.45, 2.75) is 45.4 Å². The lowest BCUT2D eigenvalue weighted by Crippen LogP contribution is -2.41. The molecule has 2 rings (SSSR count). The molecular formula is C14H25N3O. The van der Waals surface area contributed by atoms with Crippen LogP contribution in [0.1, 0.15) is 26.3 Å². The van der Waals surface area contributed by atoms with E-state index in [1.54, 1.807) is 0 Å². The molecule has 4 heteroatoms. The molecule has 0 saturated carbocycles. The summed E-state index contributed by atoms with van der Waals surface area (Å²) in [7, 11) is 4.01. The fourth-order valence-corrected chi connectivity index (χ4v) is 3.25. The van der Waals surface area contributed by atoms with E-state index in [4.69, 9.17) is 4.74 Å². The minimum Gasteiger partial charge on any atom is -0.375 e. The Balaban J connectivity index is 2.08. The first-order valence-corrected chi connectivity index (χ1v) is 6.83. The van der Waals surface area contributed by atoms with Crippen molar-refractivity contribution in [1.82, 2.24) is 15.1 Å². The zero-order valence-corrected chi connectivity index (χ0v) is 12.1. The number of aromatic nitrogens is 2. The summed E-state index contributed by atoms with van der Waals surface area (Å²) in [6.45, 7) is 6.67. The summed E-state index contributed by atoms with van der Waals surface area (Å²) < 4.78 is 7.81. The topological polar surface area (TPSA) is 39.1 Å². The first kappa shape index (κ1) is 13.6. The van der Waals surface area contributed by atoms with Crippen LogP contribution >= 0.6 is 0 Å². The van der Waals surface area contributed by atoms with Gasteiger partial charge < -0.3 is 10.1 Å². The fraction of sp³-hybridized carbons (Fsp3) is 0.786. The maximum Gasteiger partial charge on any atom is 0.0597 e. The zero-order chi connectivity index (χ0) is 13.3. The number of aryl methyl sites for hydroxylation is 1. The Morgan fingerprint density at radius 3 is 2.56 bits per heavy atom. The highest BCUT2D eigenvalue weighted by atomic mass is 16.5. The number of nitrogens with zero attached hydrogens (tertiary/aromatic N) is 2. The third-order valence-electron chi connectivity index (χ3n) is 4.37. The summed E-state index contributed by atoms with van der Waals surface area (Å²) in [6.07, 6.45) is 5.75. The molecule has 1 aromatic rings. The van der Waals surface area contributed by atoms with Crippen LogP contribution in [-0.2, 0) is 18.2 Å². The Kier molecular flexibility index (Phi) is 4.07. The van der Waals surface area contributed by atoms with Gasteiger partial charge in [-0.3, -0.25) is 4.68 Å². The average Bonchev–Trinajstić information content (AvgIpc) is 2.82. The highest BCUT2D eigenvalue weighted by Gasteiger charge is 2.41. The van der Waals surface area contributed by atoms with Crippen LogP contribution in [0.4, 0.5) is 0 Å². The Hall–Kier alpha value is -0.870. The Morgan fingerprint density at radius 1 is 1.39 bits per heavy atom. The summed E-state index contributed by atoms with van der Waals surface area (Å²) in [5.41, 5.74) is 1.29. The van der Waals surface area contributed by atoms with Gasteiger partial charge in [0.1, 0.15) is 0 Å². The normalized spacial score (nSPS) is 33.8. The van der Waals surface area contributed by atoms with Crippen molar-refractivity contribution in [3.05, 3.63) is 18.0 Å². The Morgan fingerprint density at radius 2 is 2.11 bits per heavy atom. The van der Waals surface area contributed by atoms with Crippen LogP contribution in [0.5, 0.6) is 0 Å². The molecule has 0 aromatic carbocycles. The van der Waals surface area contributed by atoms with Gasteiger partial charge in [-0.25, -0.2) is 0 Å². The number of rotatable bonds is 4. The molecule has 0 spiro atoms. The third kappa shape index (κ3) is 2.59. The molecule has 1 aliphatic heterocycles. The van der Waals surface area contributed by atoms with E-state index in [1.165, 1.54) is 5.56 Å². The number of likely N-dealkylation sites (N-methyl/N-ethyl adjacent to an activating group) is 1. The summed E-state index contributed by atoms with van der Waals surface area (Å²) in [5, 5.41) is 7.71. The smallest absolute Gasteiger partial charge is 0.0597 e. The van der Waals surface area contributed by atoms with Crippen molar-refractivity contribution in [2.75, 3.05) is 7.05 Å². The van der Waals surface area contributed by atoms with E-state index in [9.17, 15) is 0 Å². The highest BCUT2D eigenvalue weighted by Crippen LogP contribution is 2.35. The SMILES string of the molecule is CNC(Cc1cnn(C)c1)C1C(C)OC(C)C1C. The second-order valence-electron chi connectivity index (χ2n) is 5.60. The van der Waals surface area contributed by atoms with Crippen LogP contribution in [0.25, 0.3) is 0 Å². The highest BCUT2D eigenvalue weighted by molar-refractivity contribution is 5.08. The molecule has 1 fully saturated rings. The molecule has 0 bridgehead atoms. The minimum absolute atomic E-state index is 0.323. The van der Waals surface area contributed by atoms with Gasteiger partial charge in [-0.1, -0.05) is 6.92 Å². The molecule has 1 N–H and O–H groups in total. The molecule has 2 heterocycles. The largest absolute Gasteiger partial charge is 0.375 e. The molecule has 18 heavy (non-hydrogen) atoms. The van der Waals surface area contributed by atoms with Gasteiger partial charge in [-0.15, -0.1) is 0 Å². The second kappa shape index (κ2) is 5.41. The lowest BCUT2D eigenvalue weighted by Gasteiger charge is -2.28. The van der Waals surface area contributed by atoms with Gasteiger partial charge in [0.25, 0.3) is 0 Å². The van der Waals surface area contributed by atoms with Crippen LogP contribution < -0.4 is 5.32 Å². The van der Waals surface area contributed by atoms with Crippen LogP contribution in [0.3, 0.4) is 0 Å². The summed E-state index contributed by atoms with van der Waals surface area (Å²) in [6, 6.07) is 0.448. The number of nitrogens with one attached hydrogen (secondary N) is 1. The molecule has 0 radical (unpaired) electrons. The Labute approximate surface area is 110 Å². The van der Waals surface area contributed by atoms with E-state index in [0.29, 0.717) is 30.1 Å². The van der Waals surface area contributed by atoms with Crippen LogP contribution in [0.2, 0.25) is 0 Å². The Bertz CT molecular complexity index is 390. The maximum atomic E-state index is 5.95. The molecule has 5 atom stereocenters. The first-order chi connectivity index (χ1) is 8.52. The van der Waals surface area contributed by atoms with Crippen molar-refractivity contribution in [3.8, 4) is 0 Å². The summed E-state index contributed by atoms with van der Waals surface area (Å²) >= 11 is 0. The molecule has 0 amide bonds. The second-order valence-corrected chi connectivity index (χ2v) is 5.60. The molecule has 0 aliphatic carbocycles. The average molecular weight is 251 g/mol.